The molecule has 3 nitrogen and oxygen atoms in total. The van der Waals surface area contributed by atoms with Crippen molar-refractivity contribution in [2.75, 3.05) is 13.1 Å². The molecule has 2 N–H and O–H groups in total. The highest BCUT2D eigenvalue weighted by Gasteiger charge is 2.28. The molecule has 4 heteroatoms. The number of benzene rings is 3. The Kier molecular flexibility index (Phi) is 5.06. The number of hydrogen-bond donors (Lipinski definition) is 2. The highest BCUT2D eigenvalue weighted by atomic mass is 35.5. The van der Waals surface area contributed by atoms with Crippen LogP contribution in [0.25, 0.3) is 0 Å². The van der Waals surface area contributed by atoms with Crippen LogP contribution in [0, 0.1) is 0 Å². The van der Waals surface area contributed by atoms with E-state index in [1.54, 1.807) is 6.07 Å². The van der Waals surface area contributed by atoms with Crippen LogP contribution < -0.4 is 0 Å². The van der Waals surface area contributed by atoms with Crippen LogP contribution in [0.4, 0.5) is 0 Å². The van der Waals surface area contributed by atoms with E-state index in [4.69, 9.17) is 11.6 Å². The van der Waals surface area contributed by atoms with Crippen molar-refractivity contribution >= 4 is 11.6 Å². The SMILES string of the molecule is Oc1cc2c(c(Cl)c1O)CCN(Cc1ccccc1)CC2c1ccccc1. The fourth-order valence-corrected chi connectivity index (χ4v) is 4.22. The summed E-state index contributed by atoms with van der Waals surface area (Å²) < 4.78 is 0. The molecule has 1 heterocycles. The zero-order chi connectivity index (χ0) is 18.8. The largest absolute Gasteiger partial charge is 0.504 e. The molecule has 0 saturated carbocycles. The van der Waals surface area contributed by atoms with Crippen LogP contribution in [0.1, 0.15) is 28.2 Å². The second-order valence-electron chi connectivity index (χ2n) is 7.06. The minimum atomic E-state index is -0.223. The summed E-state index contributed by atoms with van der Waals surface area (Å²) in [6, 6.07) is 22.4. The quantitative estimate of drug-likeness (QED) is 0.633. The number of fused-ring (bicyclic) bond motifs is 1. The van der Waals surface area contributed by atoms with E-state index in [9.17, 15) is 10.2 Å². The molecule has 0 aliphatic carbocycles. The number of nitrogens with zero attached hydrogens (tertiary/aromatic N) is 1. The van der Waals surface area contributed by atoms with Crippen molar-refractivity contribution < 1.29 is 10.2 Å². The number of hydrogen-bond acceptors (Lipinski definition) is 3. The van der Waals surface area contributed by atoms with E-state index in [0.717, 1.165) is 37.2 Å². The topological polar surface area (TPSA) is 43.7 Å². The van der Waals surface area contributed by atoms with E-state index >= 15 is 0 Å². The summed E-state index contributed by atoms with van der Waals surface area (Å²) in [6.45, 7) is 2.52. The van der Waals surface area contributed by atoms with E-state index in [0.29, 0.717) is 0 Å². The van der Waals surface area contributed by atoms with E-state index in [1.807, 2.05) is 24.3 Å². The monoisotopic (exact) mass is 379 g/mol. The molecule has 0 radical (unpaired) electrons. The summed E-state index contributed by atoms with van der Waals surface area (Å²) in [5.74, 6) is -0.300. The summed E-state index contributed by atoms with van der Waals surface area (Å²) in [6.07, 6.45) is 0.734. The number of rotatable bonds is 3. The highest BCUT2D eigenvalue weighted by molar-refractivity contribution is 6.33. The maximum Gasteiger partial charge on any atom is 0.176 e. The normalized spacial score (nSPS) is 17.3. The van der Waals surface area contributed by atoms with Gasteiger partial charge in [-0.25, -0.2) is 0 Å². The van der Waals surface area contributed by atoms with Crippen molar-refractivity contribution in [3.8, 4) is 11.5 Å². The van der Waals surface area contributed by atoms with Crippen molar-refractivity contribution in [2.24, 2.45) is 0 Å². The Labute approximate surface area is 164 Å². The molecule has 138 valence electrons. The van der Waals surface area contributed by atoms with Crippen LogP contribution in [0.5, 0.6) is 11.5 Å². The molecule has 4 rings (SSSR count). The zero-order valence-corrected chi connectivity index (χ0v) is 15.7. The van der Waals surface area contributed by atoms with Gasteiger partial charge in [0.25, 0.3) is 0 Å². The summed E-state index contributed by atoms with van der Waals surface area (Å²) >= 11 is 6.42. The molecule has 3 aromatic carbocycles. The van der Waals surface area contributed by atoms with Gasteiger partial charge in [-0.2, -0.15) is 0 Å². The van der Waals surface area contributed by atoms with Gasteiger partial charge in [-0.1, -0.05) is 72.3 Å². The Balaban J connectivity index is 1.75. The molecule has 1 aliphatic heterocycles. The van der Waals surface area contributed by atoms with Gasteiger partial charge in [0.05, 0.1) is 5.02 Å². The molecular formula is C23H22ClNO2. The van der Waals surface area contributed by atoms with Crippen molar-refractivity contribution in [1.82, 2.24) is 4.90 Å². The van der Waals surface area contributed by atoms with Gasteiger partial charge >= 0.3 is 0 Å². The standard InChI is InChI=1S/C23H22ClNO2/c24-22-18-11-12-25(14-16-7-3-1-4-8-16)15-20(17-9-5-2-6-10-17)19(18)13-21(26)23(22)27/h1-10,13,20,26-27H,11-12,14-15H2. The maximum atomic E-state index is 10.2. The third kappa shape index (κ3) is 3.66. The second kappa shape index (κ2) is 7.63. The maximum absolute atomic E-state index is 10.2. The average Bonchev–Trinajstić information content (AvgIpc) is 2.87. The molecule has 3 aromatic rings. The second-order valence-corrected chi connectivity index (χ2v) is 7.44. The van der Waals surface area contributed by atoms with Crippen molar-refractivity contribution in [2.45, 2.75) is 18.9 Å². The smallest absolute Gasteiger partial charge is 0.176 e. The molecule has 0 fully saturated rings. The molecule has 0 aromatic heterocycles. The first-order valence-corrected chi connectivity index (χ1v) is 9.55. The van der Waals surface area contributed by atoms with Gasteiger partial charge in [-0.05, 0) is 34.7 Å². The van der Waals surface area contributed by atoms with Crippen LogP contribution in [0.2, 0.25) is 5.02 Å². The van der Waals surface area contributed by atoms with Crippen molar-refractivity contribution in [3.05, 3.63) is 94.0 Å². The Morgan fingerprint density at radius 3 is 2.33 bits per heavy atom. The molecule has 0 amide bonds. The Morgan fingerprint density at radius 2 is 1.63 bits per heavy atom. The minimum Gasteiger partial charge on any atom is -0.504 e. The molecule has 1 atom stereocenters. The van der Waals surface area contributed by atoms with Gasteiger partial charge in [0.1, 0.15) is 0 Å². The van der Waals surface area contributed by atoms with Crippen LogP contribution in [-0.4, -0.2) is 28.2 Å². The van der Waals surface area contributed by atoms with Gasteiger partial charge in [0.2, 0.25) is 0 Å². The Bertz CT molecular complexity index is 928. The molecule has 1 aliphatic rings. The lowest BCUT2D eigenvalue weighted by Crippen LogP contribution is -2.28. The molecular weight excluding hydrogens is 358 g/mol. The molecule has 1 unspecified atom stereocenters. The molecule has 0 spiro atoms. The summed E-state index contributed by atoms with van der Waals surface area (Å²) in [5, 5.41) is 20.6. The van der Waals surface area contributed by atoms with Crippen LogP contribution in [-0.2, 0) is 13.0 Å². The number of aromatic hydroxyl groups is 2. The van der Waals surface area contributed by atoms with Crippen LogP contribution >= 0.6 is 11.6 Å². The number of halogens is 1. The van der Waals surface area contributed by atoms with E-state index in [2.05, 4.69) is 41.3 Å². The van der Waals surface area contributed by atoms with Crippen molar-refractivity contribution in [3.63, 3.8) is 0 Å². The first-order valence-electron chi connectivity index (χ1n) is 9.18. The van der Waals surface area contributed by atoms with Gasteiger partial charge < -0.3 is 10.2 Å². The molecule has 0 bridgehead atoms. The van der Waals surface area contributed by atoms with Crippen LogP contribution in [0.3, 0.4) is 0 Å². The highest BCUT2D eigenvalue weighted by Crippen LogP contribution is 2.43. The number of phenolic OH excluding ortho intramolecular Hbond substituents is 2. The lowest BCUT2D eigenvalue weighted by molar-refractivity contribution is 0.268. The van der Waals surface area contributed by atoms with Gasteiger partial charge in [-0.3, -0.25) is 4.90 Å². The van der Waals surface area contributed by atoms with E-state index in [1.165, 1.54) is 11.1 Å². The van der Waals surface area contributed by atoms with Crippen molar-refractivity contribution in [1.29, 1.82) is 0 Å². The lowest BCUT2D eigenvalue weighted by atomic mass is 9.87. The average molecular weight is 380 g/mol. The van der Waals surface area contributed by atoms with E-state index < -0.39 is 0 Å². The molecule has 0 saturated heterocycles. The third-order valence-corrected chi connectivity index (χ3v) is 5.71. The summed E-state index contributed by atoms with van der Waals surface area (Å²) in [4.78, 5) is 2.41. The number of phenols is 2. The van der Waals surface area contributed by atoms with Gasteiger partial charge in [0.15, 0.2) is 11.5 Å². The fraction of sp³-hybridized carbons (Fsp3) is 0.217. The minimum absolute atomic E-state index is 0.0800. The first-order chi connectivity index (χ1) is 13.1. The summed E-state index contributed by atoms with van der Waals surface area (Å²) in [5.41, 5.74) is 4.38. The fourth-order valence-electron chi connectivity index (χ4n) is 3.92. The lowest BCUT2D eigenvalue weighted by Gasteiger charge is -2.25. The Morgan fingerprint density at radius 1 is 0.963 bits per heavy atom. The zero-order valence-electron chi connectivity index (χ0n) is 15.0. The Hall–Kier alpha value is -2.49. The predicted molar refractivity (Wildman–Crippen MR) is 108 cm³/mol. The predicted octanol–water partition coefficient (Wildman–Crippen LogP) is 4.94. The van der Waals surface area contributed by atoms with Gasteiger partial charge in [-0.15, -0.1) is 0 Å². The van der Waals surface area contributed by atoms with E-state index in [-0.39, 0.29) is 22.4 Å². The summed E-state index contributed by atoms with van der Waals surface area (Å²) in [7, 11) is 0. The van der Waals surface area contributed by atoms with Gasteiger partial charge in [0, 0.05) is 25.6 Å². The first kappa shape index (κ1) is 17.9. The molecule has 27 heavy (non-hydrogen) atoms. The van der Waals surface area contributed by atoms with Crippen LogP contribution in [0.15, 0.2) is 66.7 Å². The third-order valence-electron chi connectivity index (χ3n) is 5.30.